The standard InChI is InChI=1S/C10H10N4OS/c11-4-8(15)9-6-13-10(16-9)14-7-2-1-3-12-5-7/h1-3,5-6H,4,11H2,(H,13,14). The predicted molar refractivity (Wildman–Crippen MR) is 63.0 cm³/mol. The summed E-state index contributed by atoms with van der Waals surface area (Å²) < 4.78 is 0. The van der Waals surface area contributed by atoms with Gasteiger partial charge in [0.15, 0.2) is 10.9 Å². The van der Waals surface area contributed by atoms with E-state index in [1.165, 1.54) is 17.5 Å². The number of thiazole rings is 1. The van der Waals surface area contributed by atoms with Gasteiger partial charge in [0, 0.05) is 6.20 Å². The number of anilines is 2. The van der Waals surface area contributed by atoms with Crippen LogP contribution >= 0.6 is 11.3 Å². The Bertz CT molecular complexity index is 483. The highest BCUT2D eigenvalue weighted by Crippen LogP contribution is 2.21. The van der Waals surface area contributed by atoms with Crippen molar-refractivity contribution in [3.63, 3.8) is 0 Å². The quantitative estimate of drug-likeness (QED) is 0.782. The van der Waals surface area contributed by atoms with Crippen LogP contribution in [-0.2, 0) is 0 Å². The van der Waals surface area contributed by atoms with Crippen molar-refractivity contribution in [2.75, 3.05) is 11.9 Å². The summed E-state index contributed by atoms with van der Waals surface area (Å²) in [5, 5.41) is 3.71. The minimum Gasteiger partial charge on any atom is -0.330 e. The largest absolute Gasteiger partial charge is 0.330 e. The lowest BCUT2D eigenvalue weighted by Crippen LogP contribution is -2.11. The predicted octanol–water partition coefficient (Wildman–Crippen LogP) is 1.42. The molecule has 2 aromatic rings. The normalized spacial score (nSPS) is 10.1. The third-order valence-corrected chi connectivity index (χ3v) is 2.83. The molecule has 0 spiro atoms. The number of Topliss-reactive ketones (excluding diaryl/α,β-unsaturated/α-hetero) is 1. The molecule has 82 valence electrons. The fourth-order valence-corrected chi connectivity index (χ4v) is 1.91. The van der Waals surface area contributed by atoms with Crippen LogP contribution in [0.25, 0.3) is 0 Å². The molecule has 0 amide bonds. The van der Waals surface area contributed by atoms with Gasteiger partial charge in [-0.1, -0.05) is 11.3 Å². The molecular formula is C10H10N4OS. The fourth-order valence-electron chi connectivity index (χ4n) is 1.12. The van der Waals surface area contributed by atoms with E-state index in [4.69, 9.17) is 5.73 Å². The number of carbonyl (C=O) groups is 1. The topological polar surface area (TPSA) is 80.9 Å². The number of rotatable bonds is 4. The van der Waals surface area contributed by atoms with Gasteiger partial charge in [-0.3, -0.25) is 9.78 Å². The lowest BCUT2D eigenvalue weighted by atomic mass is 10.4. The number of hydrogen-bond donors (Lipinski definition) is 2. The van der Waals surface area contributed by atoms with Crippen LogP contribution < -0.4 is 11.1 Å². The molecule has 16 heavy (non-hydrogen) atoms. The molecule has 0 fully saturated rings. The van der Waals surface area contributed by atoms with Gasteiger partial charge in [-0.25, -0.2) is 4.98 Å². The number of ketones is 1. The second kappa shape index (κ2) is 4.82. The summed E-state index contributed by atoms with van der Waals surface area (Å²) in [6.45, 7) is 0.00846. The smallest absolute Gasteiger partial charge is 0.187 e. The molecule has 0 aromatic carbocycles. The van der Waals surface area contributed by atoms with E-state index in [1.807, 2.05) is 12.1 Å². The Morgan fingerprint density at radius 1 is 1.50 bits per heavy atom. The molecule has 2 rings (SSSR count). The molecule has 0 aliphatic rings. The lowest BCUT2D eigenvalue weighted by molar-refractivity contribution is 0.100. The molecule has 0 unspecified atom stereocenters. The van der Waals surface area contributed by atoms with Crippen LogP contribution in [0.5, 0.6) is 0 Å². The summed E-state index contributed by atoms with van der Waals surface area (Å²) in [7, 11) is 0. The second-order valence-electron chi connectivity index (χ2n) is 3.02. The molecule has 3 N–H and O–H groups in total. The lowest BCUT2D eigenvalue weighted by Gasteiger charge is -1.99. The van der Waals surface area contributed by atoms with E-state index in [1.54, 1.807) is 12.4 Å². The third-order valence-electron chi connectivity index (χ3n) is 1.88. The molecular weight excluding hydrogens is 224 g/mol. The van der Waals surface area contributed by atoms with E-state index in [-0.39, 0.29) is 12.3 Å². The summed E-state index contributed by atoms with van der Waals surface area (Å²) in [6, 6.07) is 3.70. The summed E-state index contributed by atoms with van der Waals surface area (Å²) in [5.74, 6) is -0.100. The van der Waals surface area contributed by atoms with Gasteiger partial charge in [0.1, 0.15) is 0 Å². The van der Waals surface area contributed by atoms with E-state index in [0.717, 1.165) is 5.69 Å². The Balaban J connectivity index is 2.12. The van der Waals surface area contributed by atoms with Crippen molar-refractivity contribution in [1.82, 2.24) is 9.97 Å². The maximum absolute atomic E-state index is 11.3. The first kappa shape index (κ1) is 10.7. The van der Waals surface area contributed by atoms with Crippen LogP contribution in [0.2, 0.25) is 0 Å². The number of hydrogen-bond acceptors (Lipinski definition) is 6. The first-order chi connectivity index (χ1) is 7.79. The number of carbonyl (C=O) groups excluding carboxylic acids is 1. The second-order valence-corrected chi connectivity index (χ2v) is 4.05. The first-order valence-corrected chi connectivity index (χ1v) is 5.47. The molecule has 2 aromatic heterocycles. The van der Waals surface area contributed by atoms with E-state index < -0.39 is 0 Å². The summed E-state index contributed by atoms with van der Waals surface area (Å²) >= 11 is 1.28. The average molecular weight is 234 g/mol. The van der Waals surface area contributed by atoms with Gasteiger partial charge in [-0.05, 0) is 12.1 Å². The molecule has 0 saturated heterocycles. The van der Waals surface area contributed by atoms with Crippen LogP contribution in [-0.4, -0.2) is 22.3 Å². The maximum atomic E-state index is 11.3. The van der Waals surface area contributed by atoms with Gasteiger partial charge >= 0.3 is 0 Å². The SMILES string of the molecule is NCC(=O)c1cnc(Nc2cccnc2)s1. The van der Waals surface area contributed by atoms with Crippen molar-refractivity contribution in [3.05, 3.63) is 35.6 Å². The fraction of sp³-hybridized carbons (Fsp3) is 0.100. The minimum absolute atomic E-state index is 0.00846. The van der Waals surface area contributed by atoms with E-state index in [0.29, 0.717) is 10.0 Å². The highest BCUT2D eigenvalue weighted by Gasteiger charge is 2.08. The van der Waals surface area contributed by atoms with Gasteiger partial charge in [-0.15, -0.1) is 0 Å². The highest BCUT2D eigenvalue weighted by molar-refractivity contribution is 7.17. The molecule has 0 saturated carbocycles. The molecule has 0 atom stereocenters. The van der Waals surface area contributed by atoms with Gasteiger partial charge in [-0.2, -0.15) is 0 Å². The first-order valence-electron chi connectivity index (χ1n) is 4.66. The minimum atomic E-state index is -0.100. The number of nitrogens with zero attached hydrogens (tertiary/aromatic N) is 2. The molecule has 6 heteroatoms. The Morgan fingerprint density at radius 3 is 3.06 bits per heavy atom. The van der Waals surface area contributed by atoms with Crippen molar-refractivity contribution < 1.29 is 4.79 Å². The highest BCUT2D eigenvalue weighted by atomic mass is 32.1. The van der Waals surface area contributed by atoms with Gasteiger partial charge < -0.3 is 11.1 Å². The summed E-state index contributed by atoms with van der Waals surface area (Å²) in [6.07, 6.45) is 4.90. The zero-order valence-corrected chi connectivity index (χ0v) is 9.20. The maximum Gasteiger partial charge on any atom is 0.187 e. The number of nitrogens with one attached hydrogen (secondary N) is 1. The number of nitrogens with two attached hydrogens (primary N) is 1. The zero-order valence-electron chi connectivity index (χ0n) is 8.38. The van der Waals surface area contributed by atoms with Crippen molar-refractivity contribution >= 4 is 27.9 Å². The van der Waals surface area contributed by atoms with E-state index in [9.17, 15) is 4.79 Å². The van der Waals surface area contributed by atoms with Crippen LogP contribution in [0.3, 0.4) is 0 Å². The van der Waals surface area contributed by atoms with Crippen molar-refractivity contribution in [1.29, 1.82) is 0 Å². The molecule has 0 aliphatic carbocycles. The Kier molecular flexibility index (Phi) is 3.23. The number of pyridine rings is 1. The molecule has 0 radical (unpaired) electrons. The van der Waals surface area contributed by atoms with E-state index >= 15 is 0 Å². The van der Waals surface area contributed by atoms with Crippen LogP contribution in [0.1, 0.15) is 9.67 Å². The molecule has 5 nitrogen and oxygen atoms in total. The Labute approximate surface area is 96.3 Å². The van der Waals surface area contributed by atoms with Crippen LogP contribution in [0.15, 0.2) is 30.7 Å². The number of aromatic nitrogens is 2. The zero-order chi connectivity index (χ0) is 11.4. The van der Waals surface area contributed by atoms with Gasteiger partial charge in [0.25, 0.3) is 0 Å². The molecule has 0 aliphatic heterocycles. The van der Waals surface area contributed by atoms with Crippen molar-refractivity contribution in [2.45, 2.75) is 0 Å². The third kappa shape index (κ3) is 2.41. The van der Waals surface area contributed by atoms with Gasteiger partial charge in [0.2, 0.25) is 0 Å². The summed E-state index contributed by atoms with van der Waals surface area (Å²) in [5.41, 5.74) is 6.10. The Morgan fingerprint density at radius 2 is 2.38 bits per heavy atom. The van der Waals surface area contributed by atoms with Crippen LogP contribution in [0.4, 0.5) is 10.8 Å². The average Bonchev–Trinajstić information content (AvgIpc) is 2.78. The monoisotopic (exact) mass is 234 g/mol. The molecule has 0 bridgehead atoms. The molecule has 2 heterocycles. The van der Waals surface area contributed by atoms with Crippen molar-refractivity contribution in [3.8, 4) is 0 Å². The van der Waals surface area contributed by atoms with Crippen LogP contribution in [0, 0.1) is 0 Å². The summed E-state index contributed by atoms with van der Waals surface area (Å²) in [4.78, 5) is 19.9. The van der Waals surface area contributed by atoms with Crippen molar-refractivity contribution in [2.24, 2.45) is 5.73 Å². The van der Waals surface area contributed by atoms with Gasteiger partial charge in [0.05, 0.1) is 29.5 Å². The van der Waals surface area contributed by atoms with E-state index in [2.05, 4.69) is 15.3 Å². The Hall–Kier alpha value is -1.79.